The molecule has 0 aliphatic carbocycles. The van der Waals surface area contributed by atoms with Crippen LogP contribution >= 0.6 is 24.0 Å². The number of hydrogen-bond donors (Lipinski definition) is 2. The summed E-state index contributed by atoms with van der Waals surface area (Å²) in [4.78, 5) is 4.33. The maximum atomic E-state index is 5.43. The quantitative estimate of drug-likeness (QED) is 0.277. The van der Waals surface area contributed by atoms with Crippen molar-refractivity contribution in [3.05, 3.63) is 70.9 Å². The van der Waals surface area contributed by atoms with Gasteiger partial charge in [-0.05, 0) is 23.6 Å². The van der Waals surface area contributed by atoms with Gasteiger partial charge in [0.1, 0.15) is 5.76 Å². The Morgan fingerprint density at radius 1 is 1.10 bits per heavy atom. The van der Waals surface area contributed by atoms with Gasteiger partial charge in [-0.1, -0.05) is 43.3 Å². The second-order valence-electron chi connectivity index (χ2n) is 6.54. The zero-order chi connectivity index (χ0) is 19.8. The van der Waals surface area contributed by atoms with E-state index in [-0.39, 0.29) is 24.0 Å². The largest absolute Gasteiger partial charge is 0.361 e. The molecule has 0 atom stereocenters. The van der Waals surface area contributed by atoms with Gasteiger partial charge in [0.25, 0.3) is 0 Å². The molecule has 0 saturated heterocycles. The third-order valence-electron chi connectivity index (χ3n) is 4.62. The molecule has 0 bridgehead atoms. The second kappa shape index (κ2) is 11.6. The molecule has 0 amide bonds. The van der Waals surface area contributed by atoms with Crippen molar-refractivity contribution in [2.45, 2.75) is 46.3 Å². The number of hydrogen-bond acceptors (Lipinski definition) is 4. The Hall–Kier alpha value is -2.36. The van der Waals surface area contributed by atoms with Crippen LogP contribution in [0.4, 0.5) is 0 Å². The number of aryl methyl sites for hydroxylation is 2. The lowest BCUT2D eigenvalue weighted by Crippen LogP contribution is -2.36. The predicted octanol–water partition coefficient (Wildman–Crippen LogP) is 3.53. The van der Waals surface area contributed by atoms with Gasteiger partial charge in [0.15, 0.2) is 5.96 Å². The summed E-state index contributed by atoms with van der Waals surface area (Å²) in [6.07, 6.45) is 5.45. The number of guanidine groups is 1. The zero-order valence-corrected chi connectivity index (χ0v) is 19.5. The third-order valence-corrected chi connectivity index (χ3v) is 4.62. The molecule has 2 heterocycles. The van der Waals surface area contributed by atoms with Crippen molar-refractivity contribution >= 4 is 29.9 Å². The molecule has 0 saturated carbocycles. The minimum Gasteiger partial charge on any atom is -0.361 e. The molecule has 1 aromatic carbocycles. The van der Waals surface area contributed by atoms with Gasteiger partial charge in [0.2, 0.25) is 0 Å². The van der Waals surface area contributed by atoms with E-state index < -0.39 is 0 Å². The standard InChI is InChI=1S/C21H28N6O.HI/c1-4-19-18(20(5-2)28-26-19)14-24-21(22-3)23-13-16-8-6-9-17(12-16)15-27-11-7-10-25-27;/h6-12H,4-5,13-15H2,1-3H3,(H2,22,23,24);1H. The van der Waals surface area contributed by atoms with Crippen molar-refractivity contribution in [1.29, 1.82) is 0 Å². The molecule has 0 aliphatic heterocycles. The maximum absolute atomic E-state index is 5.43. The smallest absolute Gasteiger partial charge is 0.191 e. The van der Waals surface area contributed by atoms with Crippen LogP contribution in [0.15, 0.2) is 52.2 Å². The summed E-state index contributed by atoms with van der Waals surface area (Å²) in [5.74, 6) is 1.69. The van der Waals surface area contributed by atoms with Crippen LogP contribution < -0.4 is 10.6 Å². The maximum Gasteiger partial charge on any atom is 0.191 e. The molecule has 3 aromatic rings. The lowest BCUT2D eigenvalue weighted by molar-refractivity contribution is 0.380. The van der Waals surface area contributed by atoms with Gasteiger partial charge in [-0.25, -0.2) is 0 Å². The summed E-state index contributed by atoms with van der Waals surface area (Å²) in [6, 6.07) is 10.4. The molecule has 7 nitrogen and oxygen atoms in total. The fourth-order valence-electron chi connectivity index (χ4n) is 3.14. The van der Waals surface area contributed by atoms with Crippen LogP contribution in [0.3, 0.4) is 0 Å². The summed E-state index contributed by atoms with van der Waals surface area (Å²) in [7, 11) is 1.78. The minimum atomic E-state index is 0. The highest BCUT2D eigenvalue weighted by Gasteiger charge is 2.13. The van der Waals surface area contributed by atoms with E-state index in [9.17, 15) is 0 Å². The Morgan fingerprint density at radius 2 is 1.90 bits per heavy atom. The van der Waals surface area contributed by atoms with E-state index in [2.05, 4.69) is 64.0 Å². The van der Waals surface area contributed by atoms with Gasteiger partial charge in [-0.2, -0.15) is 5.10 Å². The lowest BCUT2D eigenvalue weighted by Gasteiger charge is -2.13. The van der Waals surface area contributed by atoms with Crippen molar-refractivity contribution in [1.82, 2.24) is 25.6 Å². The van der Waals surface area contributed by atoms with Gasteiger partial charge in [0.05, 0.1) is 12.2 Å². The SMILES string of the molecule is CCc1noc(CC)c1CNC(=NC)NCc1cccc(Cn2cccn2)c1.I. The number of rotatable bonds is 8. The van der Waals surface area contributed by atoms with Gasteiger partial charge < -0.3 is 15.2 Å². The van der Waals surface area contributed by atoms with Crippen LogP contribution in [0.1, 0.15) is 42.0 Å². The van der Waals surface area contributed by atoms with Crippen LogP contribution in [0.2, 0.25) is 0 Å². The normalized spacial score (nSPS) is 11.2. The van der Waals surface area contributed by atoms with E-state index in [1.54, 1.807) is 13.2 Å². The van der Waals surface area contributed by atoms with Crippen molar-refractivity contribution in [2.24, 2.45) is 4.99 Å². The Morgan fingerprint density at radius 3 is 2.59 bits per heavy atom. The first kappa shape index (κ1) is 22.9. The zero-order valence-electron chi connectivity index (χ0n) is 17.2. The van der Waals surface area contributed by atoms with E-state index in [0.29, 0.717) is 13.1 Å². The highest BCUT2D eigenvalue weighted by molar-refractivity contribution is 14.0. The van der Waals surface area contributed by atoms with E-state index >= 15 is 0 Å². The predicted molar refractivity (Wildman–Crippen MR) is 125 cm³/mol. The van der Waals surface area contributed by atoms with E-state index in [1.165, 1.54) is 11.1 Å². The Labute approximate surface area is 189 Å². The molecular formula is C21H29IN6O. The molecule has 0 fully saturated rings. The number of halogens is 1. The highest BCUT2D eigenvalue weighted by Crippen LogP contribution is 2.15. The molecule has 0 unspecified atom stereocenters. The molecule has 8 heteroatoms. The third kappa shape index (κ3) is 6.31. The average Bonchev–Trinajstić information content (AvgIpc) is 3.37. The first-order valence-electron chi connectivity index (χ1n) is 9.69. The number of nitrogens with one attached hydrogen (secondary N) is 2. The summed E-state index contributed by atoms with van der Waals surface area (Å²) >= 11 is 0. The van der Waals surface area contributed by atoms with Crippen LogP contribution in [-0.4, -0.2) is 27.9 Å². The van der Waals surface area contributed by atoms with E-state index in [4.69, 9.17) is 4.52 Å². The molecule has 29 heavy (non-hydrogen) atoms. The Bertz CT molecular complexity index is 882. The number of nitrogens with zero attached hydrogens (tertiary/aromatic N) is 4. The van der Waals surface area contributed by atoms with Gasteiger partial charge in [0, 0.05) is 44.5 Å². The van der Waals surface area contributed by atoms with Crippen LogP contribution in [0.5, 0.6) is 0 Å². The molecule has 156 valence electrons. The molecule has 2 aromatic heterocycles. The van der Waals surface area contributed by atoms with Crippen LogP contribution in [0.25, 0.3) is 0 Å². The monoisotopic (exact) mass is 508 g/mol. The first-order valence-corrected chi connectivity index (χ1v) is 9.69. The molecule has 0 spiro atoms. The number of benzene rings is 1. The van der Waals surface area contributed by atoms with Gasteiger partial charge in [-0.3, -0.25) is 9.67 Å². The van der Waals surface area contributed by atoms with Gasteiger partial charge >= 0.3 is 0 Å². The highest BCUT2D eigenvalue weighted by atomic mass is 127. The summed E-state index contributed by atoms with van der Waals surface area (Å²) in [6.45, 7) is 6.27. The second-order valence-corrected chi connectivity index (χ2v) is 6.54. The van der Waals surface area contributed by atoms with Crippen molar-refractivity contribution < 1.29 is 4.52 Å². The summed E-state index contributed by atoms with van der Waals surface area (Å²) in [5.41, 5.74) is 4.55. The summed E-state index contributed by atoms with van der Waals surface area (Å²) < 4.78 is 7.35. The molecule has 0 radical (unpaired) electrons. The van der Waals surface area contributed by atoms with Gasteiger partial charge in [-0.15, -0.1) is 24.0 Å². The molecular weight excluding hydrogens is 479 g/mol. The Balaban J connectivity index is 0.00000300. The molecule has 2 N–H and O–H groups in total. The first-order chi connectivity index (χ1) is 13.7. The molecule has 3 rings (SSSR count). The topological polar surface area (TPSA) is 80.3 Å². The summed E-state index contributed by atoms with van der Waals surface area (Å²) in [5, 5.41) is 15.2. The molecule has 0 aliphatic rings. The number of aliphatic imine (C=N–C) groups is 1. The van der Waals surface area contributed by atoms with Crippen LogP contribution in [0, 0.1) is 0 Å². The Kier molecular flexibility index (Phi) is 9.17. The average molecular weight is 508 g/mol. The van der Waals surface area contributed by atoms with Crippen LogP contribution in [-0.2, 0) is 32.5 Å². The van der Waals surface area contributed by atoms with Crippen molar-refractivity contribution in [3.63, 3.8) is 0 Å². The van der Waals surface area contributed by atoms with E-state index in [1.807, 2.05) is 16.9 Å². The van der Waals surface area contributed by atoms with Crippen molar-refractivity contribution in [3.8, 4) is 0 Å². The van der Waals surface area contributed by atoms with Crippen molar-refractivity contribution in [2.75, 3.05) is 7.05 Å². The fourth-order valence-corrected chi connectivity index (χ4v) is 3.14. The minimum absolute atomic E-state index is 0. The van der Waals surface area contributed by atoms with E-state index in [0.717, 1.165) is 42.4 Å². The lowest BCUT2D eigenvalue weighted by atomic mass is 10.1. The number of aromatic nitrogens is 3. The fraction of sp³-hybridized carbons (Fsp3) is 0.381.